The summed E-state index contributed by atoms with van der Waals surface area (Å²) in [5.74, 6) is -0.268. The number of carbonyl (C=O) groups is 1. The highest BCUT2D eigenvalue weighted by atomic mass is 16.2. The van der Waals surface area contributed by atoms with Gasteiger partial charge in [-0.1, -0.05) is 72.8 Å². The Kier molecular flexibility index (Phi) is 6.22. The van der Waals surface area contributed by atoms with Gasteiger partial charge in [0.25, 0.3) is 5.56 Å². The SMILES string of the molecule is Cc1cccc2c(=O)n(CC(=O)NCc3cn(Cc4ccccc4)nc3-c3ccccc3)cnc12. The molecule has 0 aliphatic rings. The summed E-state index contributed by atoms with van der Waals surface area (Å²) >= 11 is 0. The van der Waals surface area contributed by atoms with E-state index in [4.69, 9.17) is 5.10 Å². The first-order valence-electron chi connectivity index (χ1n) is 11.5. The molecule has 0 bridgehead atoms. The third kappa shape index (κ3) is 4.89. The number of benzene rings is 3. The van der Waals surface area contributed by atoms with Gasteiger partial charge in [0, 0.05) is 23.9 Å². The minimum atomic E-state index is -0.268. The van der Waals surface area contributed by atoms with Gasteiger partial charge in [0.15, 0.2) is 0 Å². The summed E-state index contributed by atoms with van der Waals surface area (Å²) in [4.78, 5) is 30.0. The average Bonchev–Trinajstić information content (AvgIpc) is 3.28. The van der Waals surface area contributed by atoms with E-state index in [0.29, 0.717) is 24.0 Å². The zero-order valence-corrected chi connectivity index (χ0v) is 19.4. The first kappa shape index (κ1) is 22.3. The lowest BCUT2D eigenvalue weighted by Gasteiger charge is -2.09. The van der Waals surface area contributed by atoms with Crippen molar-refractivity contribution in [2.45, 2.75) is 26.6 Å². The van der Waals surface area contributed by atoms with E-state index in [1.54, 1.807) is 6.07 Å². The fourth-order valence-corrected chi connectivity index (χ4v) is 4.14. The van der Waals surface area contributed by atoms with Crippen LogP contribution >= 0.6 is 0 Å². The summed E-state index contributed by atoms with van der Waals surface area (Å²) in [5, 5.41) is 8.24. The maximum absolute atomic E-state index is 12.8. The molecule has 0 aliphatic heterocycles. The molecule has 174 valence electrons. The molecular formula is C28H25N5O2. The second kappa shape index (κ2) is 9.77. The van der Waals surface area contributed by atoms with Crippen molar-refractivity contribution in [3.8, 4) is 11.3 Å². The van der Waals surface area contributed by atoms with Crippen LogP contribution < -0.4 is 10.9 Å². The van der Waals surface area contributed by atoms with Crippen LogP contribution in [0, 0.1) is 6.92 Å². The number of aromatic nitrogens is 4. The highest BCUT2D eigenvalue weighted by molar-refractivity contribution is 5.81. The van der Waals surface area contributed by atoms with Crippen LogP contribution in [0.25, 0.3) is 22.2 Å². The molecule has 0 spiro atoms. The summed E-state index contributed by atoms with van der Waals surface area (Å²) < 4.78 is 3.23. The van der Waals surface area contributed by atoms with Gasteiger partial charge in [-0.2, -0.15) is 5.10 Å². The van der Waals surface area contributed by atoms with Crippen molar-refractivity contribution in [2.24, 2.45) is 0 Å². The Bertz CT molecular complexity index is 1540. The Hall–Kier alpha value is -4.52. The molecule has 5 aromatic rings. The summed E-state index contributed by atoms with van der Waals surface area (Å²) in [5.41, 5.74) is 5.21. The number of fused-ring (bicyclic) bond motifs is 1. The van der Waals surface area contributed by atoms with E-state index < -0.39 is 0 Å². The van der Waals surface area contributed by atoms with Crippen molar-refractivity contribution in [1.82, 2.24) is 24.6 Å². The molecule has 0 atom stereocenters. The van der Waals surface area contributed by atoms with Gasteiger partial charge in [0.05, 0.1) is 29.5 Å². The Morgan fingerprint density at radius 1 is 0.943 bits per heavy atom. The number of para-hydroxylation sites is 1. The molecule has 0 aliphatic carbocycles. The monoisotopic (exact) mass is 463 g/mol. The number of aryl methyl sites for hydroxylation is 1. The molecule has 3 aromatic carbocycles. The average molecular weight is 464 g/mol. The molecule has 1 amide bonds. The van der Waals surface area contributed by atoms with E-state index >= 15 is 0 Å². The maximum atomic E-state index is 12.8. The third-order valence-corrected chi connectivity index (χ3v) is 5.92. The van der Waals surface area contributed by atoms with Crippen LogP contribution in [0.1, 0.15) is 16.7 Å². The van der Waals surface area contributed by atoms with Gasteiger partial charge in [-0.15, -0.1) is 0 Å². The summed E-state index contributed by atoms with van der Waals surface area (Å²) in [7, 11) is 0. The van der Waals surface area contributed by atoms with Crippen LogP contribution in [0.15, 0.2) is 96.2 Å². The van der Waals surface area contributed by atoms with Gasteiger partial charge in [-0.3, -0.25) is 18.8 Å². The molecule has 1 N–H and O–H groups in total. The smallest absolute Gasteiger partial charge is 0.261 e. The number of hydrogen-bond donors (Lipinski definition) is 1. The lowest BCUT2D eigenvalue weighted by atomic mass is 10.1. The van der Waals surface area contributed by atoms with Gasteiger partial charge in [0.2, 0.25) is 5.91 Å². The van der Waals surface area contributed by atoms with Crippen LogP contribution in [0.4, 0.5) is 0 Å². The second-order valence-corrected chi connectivity index (χ2v) is 8.48. The quantitative estimate of drug-likeness (QED) is 0.397. The molecule has 0 saturated carbocycles. The molecule has 7 heteroatoms. The van der Waals surface area contributed by atoms with Crippen LogP contribution in [0.5, 0.6) is 0 Å². The van der Waals surface area contributed by atoms with Gasteiger partial charge < -0.3 is 5.32 Å². The summed E-state index contributed by atoms with van der Waals surface area (Å²) in [6, 6.07) is 25.5. The molecule has 35 heavy (non-hydrogen) atoms. The van der Waals surface area contributed by atoms with Crippen molar-refractivity contribution in [2.75, 3.05) is 0 Å². The largest absolute Gasteiger partial charge is 0.350 e. The Morgan fingerprint density at radius 2 is 1.69 bits per heavy atom. The van der Waals surface area contributed by atoms with Crippen molar-refractivity contribution < 1.29 is 4.79 Å². The van der Waals surface area contributed by atoms with Gasteiger partial charge in [-0.25, -0.2) is 4.98 Å². The number of nitrogens with one attached hydrogen (secondary N) is 1. The summed E-state index contributed by atoms with van der Waals surface area (Å²) in [6.45, 7) is 2.74. The van der Waals surface area contributed by atoms with Crippen molar-refractivity contribution >= 4 is 16.8 Å². The topological polar surface area (TPSA) is 81.8 Å². The van der Waals surface area contributed by atoms with Gasteiger partial charge >= 0.3 is 0 Å². The highest BCUT2D eigenvalue weighted by Crippen LogP contribution is 2.22. The minimum absolute atomic E-state index is 0.103. The van der Waals surface area contributed by atoms with E-state index in [0.717, 1.165) is 27.9 Å². The predicted molar refractivity (Wildman–Crippen MR) is 136 cm³/mol. The van der Waals surface area contributed by atoms with Crippen molar-refractivity contribution in [3.63, 3.8) is 0 Å². The Labute approximate surface area is 202 Å². The van der Waals surface area contributed by atoms with E-state index in [2.05, 4.69) is 22.4 Å². The molecule has 0 fully saturated rings. The van der Waals surface area contributed by atoms with E-state index in [1.807, 2.05) is 78.5 Å². The zero-order valence-electron chi connectivity index (χ0n) is 19.4. The maximum Gasteiger partial charge on any atom is 0.261 e. The molecule has 0 radical (unpaired) electrons. The normalized spacial score (nSPS) is 11.0. The van der Waals surface area contributed by atoms with Gasteiger partial charge in [0.1, 0.15) is 6.54 Å². The Balaban J connectivity index is 1.35. The lowest BCUT2D eigenvalue weighted by Crippen LogP contribution is -2.32. The van der Waals surface area contributed by atoms with Crippen molar-refractivity contribution in [1.29, 1.82) is 0 Å². The molecule has 2 heterocycles. The molecule has 0 saturated heterocycles. The number of amides is 1. The minimum Gasteiger partial charge on any atom is -0.350 e. The standard InChI is InChI=1S/C28H25N5O2/c1-20-9-8-14-24-26(20)30-19-32(28(24)35)18-25(34)29-15-23-17-33(16-21-10-4-2-5-11-21)31-27(23)22-12-6-3-7-13-22/h2-14,17,19H,15-16,18H2,1H3,(H,29,34). The number of hydrogen-bond acceptors (Lipinski definition) is 4. The van der Waals surface area contributed by atoms with Crippen LogP contribution in [-0.4, -0.2) is 25.2 Å². The Morgan fingerprint density at radius 3 is 2.46 bits per heavy atom. The summed E-state index contributed by atoms with van der Waals surface area (Å²) in [6.07, 6.45) is 3.40. The first-order chi connectivity index (χ1) is 17.1. The van der Waals surface area contributed by atoms with Crippen molar-refractivity contribution in [3.05, 3.63) is 118 Å². The first-order valence-corrected chi connectivity index (χ1v) is 11.5. The second-order valence-electron chi connectivity index (χ2n) is 8.48. The number of rotatable bonds is 7. The predicted octanol–water partition coefficient (Wildman–Crippen LogP) is 3.93. The molecular weight excluding hydrogens is 438 g/mol. The lowest BCUT2D eigenvalue weighted by molar-refractivity contribution is -0.121. The van der Waals surface area contributed by atoms with E-state index in [-0.39, 0.29) is 18.0 Å². The number of nitrogens with zero attached hydrogens (tertiary/aromatic N) is 4. The van der Waals surface area contributed by atoms with Gasteiger partial charge in [-0.05, 0) is 24.1 Å². The van der Waals surface area contributed by atoms with E-state index in [9.17, 15) is 9.59 Å². The fourth-order valence-electron chi connectivity index (χ4n) is 4.14. The van der Waals surface area contributed by atoms with Crippen LogP contribution in [-0.2, 0) is 24.4 Å². The zero-order chi connectivity index (χ0) is 24.2. The van der Waals surface area contributed by atoms with Crippen LogP contribution in [0.2, 0.25) is 0 Å². The van der Waals surface area contributed by atoms with E-state index in [1.165, 1.54) is 10.9 Å². The molecule has 5 rings (SSSR count). The highest BCUT2D eigenvalue weighted by Gasteiger charge is 2.14. The molecule has 0 unspecified atom stereocenters. The number of carbonyl (C=O) groups excluding carboxylic acids is 1. The third-order valence-electron chi connectivity index (χ3n) is 5.92. The molecule has 7 nitrogen and oxygen atoms in total. The molecule has 2 aromatic heterocycles. The fraction of sp³-hybridized carbons (Fsp3) is 0.143. The van der Waals surface area contributed by atoms with Crippen LogP contribution in [0.3, 0.4) is 0 Å².